The highest BCUT2D eigenvalue weighted by Crippen LogP contribution is 2.31. The molecule has 0 atom stereocenters. The summed E-state index contributed by atoms with van der Waals surface area (Å²) in [6.45, 7) is 5.70. The lowest BCUT2D eigenvalue weighted by Crippen LogP contribution is -2.16. The number of allylic oxidation sites excluding steroid dienone is 1. The fraction of sp³-hybridized carbons (Fsp3) is 0.217. The zero-order valence-corrected chi connectivity index (χ0v) is 19.4. The fourth-order valence-corrected chi connectivity index (χ4v) is 3.87. The number of hydrogen-bond acceptors (Lipinski definition) is 7. The molecule has 0 aliphatic heterocycles. The molecule has 9 nitrogen and oxygen atoms in total. The van der Waals surface area contributed by atoms with Crippen molar-refractivity contribution in [3.63, 3.8) is 0 Å². The van der Waals surface area contributed by atoms with Crippen molar-refractivity contribution in [2.75, 3.05) is 30.6 Å². The molecule has 2 N–H and O–H groups in total. The van der Waals surface area contributed by atoms with Crippen LogP contribution in [0.5, 0.6) is 11.5 Å². The lowest BCUT2D eigenvalue weighted by molar-refractivity contribution is -0.114. The van der Waals surface area contributed by atoms with E-state index in [0.717, 1.165) is 5.56 Å². The number of nitrogens with one attached hydrogen (secondary N) is 2. The summed E-state index contributed by atoms with van der Waals surface area (Å²) in [4.78, 5) is 24.0. The molecule has 2 amide bonds. The maximum absolute atomic E-state index is 12.7. The van der Waals surface area contributed by atoms with Crippen molar-refractivity contribution in [3.05, 3.63) is 55.1 Å². The molecule has 1 heterocycles. The van der Waals surface area contributed by atoms with Gasteiger partial charge in [-0.15, -0.1) is 16.8 Å². The molecule has 0 bridgehead atoms. The van der Waals surface area contributed by atoms with Crippen LogP contribution in [0, 0.1) is 0 Å². The highest BCUT2D eigenvalue weighted by Gasteiger charge is 2.18. The molecule has 1 aromatic heterocycles. The number of para-hydroxylation sites is 1. The number of amides is 2. The van der Waals surface area contributed by atoms with Crippen LogP contribution in [0.15, 0.2) is 60.3 Å². The second kappa shape index (κ2) is 11.2. The first-order chi connectivity index (χ1) is 16.0. The van der Waals surface area contributed by atoms with Crippen molar-refractivity contribution in [2.45, 2.75) is 18.6 Å². The number of methoxy groups -OCH3 is 2. The number of anilines is 2. The average Bonchev–Trinajstić information content (AvgIpc) is 3.20. The Bertz CT molecular complexity index is 1160. The van der Waals surface area contributed by atoms with E-state index in [4.69, 9.17) is 9.47 Å². The predicted molar refractivity (Wildman–Crippen MR) is 129 cm³/mol. The Labute approximate surface area is 196 Å². The maximum Gasteiger partial charge on any atom is 0.234 e. The minimum Gasteiger partial charge on any atom is -0.496 e. The molecule has 0 radical (unpaired) electrons. The molecule has 0 aliphatic rings. The maximum atomic E-state index is 12.7. The molecular weight excluding hydrogens is 442 g/mol. The third kappa shape index (κ3) is 5.92. The lowest BCUT2D eigenvalue weighted by atomic mass is 10.2. The van der Waals surface area contributed by atoms with E-state index in [1.807, 2.05) is 28.8 Å². The van der Waals surface area contributed by atoms with Gasteiger partial charge in [-0.25, -0.2) is 0 Å². The summed E-state index contributed by atoms with van der Waals surface area (Å²) in [5.41, 5.74) is 1.81. The summed E-state index contributed by atoms with van der Waals surface area (Å²) in [6, 6.07) is 12.5. The zero-order chi connectivity index (χ0) is 23.8. The first-order valence-corrected chi connectivity index (χ1v) is 11.0. The van der Waals surface area contributed by atoms with Gasteiger partial charge < -0.3 is 20.1 Å². The van der Waals surface area contributed by atoms with Crippen molar-refractivity contribution < 1.29 is 19.1 Å². The Hall–Kier alpha value is -3.79. The third-order valence-corrected chi connectivity index (χ3v) is 5.47. The summed E-state index contributed by atoms with van der Waals surface area (Å²) in [5, 5.41) is 14.7. The number of hydrogen-bond donors (Lipinski definition) is 2. The topological polar surface area (TPSA) is 107 Å². The van der Waals surface area contributed by atoms with Crippen LogP contribution in [0.25, 0.3) is 11.4 Å². The van der Waals surface area contributed by atoms with Crippen LogP contribution in [-0.2, 0) is 16.1 Å². The average molecular weight is 468 g/mol. The summed E-state index contributed by atoms with van der Waals surface area (Å²) < 4.78 is 12.6. The number of carbonyl (C=O) groups is 2. The largest absolute Gasteiger partial charge is 0.496 e. The van der Waals surface area contributed by atoms with Gasteiger partial charge in [-0.3, -0.25) is 14.2 Å². The van der Waals surface area contributed by atoms with Crippen LogP contribution in [0.3, 0.4) is 0 Å². The normalized spacial score (nSPS) is 10.4. The van der Waals surface area contributed by atoms with Crippen molar-refractivity contribution in [2.24, 2.45) is 0 Å². The molecule has 3 rings (SSSR count). The van der Waals surface area contributed by atoms with Crippen LogP contribution >= 0.6 is 11.8 Å². The molecule has 0 saturated carbocycles. The SMILES string of the molecule is C=CCn1c(SCC(=O)Nc2cc(NC(C)=O)ccc2OC)nnc1-c1ccccc1OC. The molecule has 0 spiro atoms. The number of nitrogens with zero attached hydrogens (tertiary/aromatic N) is 3. The van der Waals surface area contributed by atoms with Crippen LogP contribution in [0.4, 0.5) is 11.4 Å². The predicted octanol–water partition coefficient (Wildman–Crippen LogP) is 3.84. The van der Waals surface area contributed by atoms with Gasteiger partial charge in [0.05, 0.1) is 31.2 Å². The molecule has 0 saturated heterocycles. The van der Waals surface area contributed by atoms with Gasteiger partial charge in [0, 0.05) is 19.2 Å². The molecule has 3 aromatic rings. The Balaban J connectivity index is 1.76. The second-order valence-corrected chi connectivity index (χ2v) is 7.78. The van der Waals surface area contributed by atoms with Crippen LogP contribution in [-0.4, -0.2) is 46.6 Å². The van der Waals surface area contributed by atoms with E-state index in [0.29, 0.717) is 40.4 Å². The Morgan fingerprint density at radius 2 is 1.85 bits per heavy atom. The zero-order valence-electron chi connectivity index (χ0n) is 18.6. The van der Waals surface area contributed by atoms with Gasteiger partial charge in [0.2, 0.25) is 11.8 Å². The highest BCUT2D eigenvalue weighted by molar-refractivity contribution is 7.99. The van der Waals surface area contributed by atoms with Gasteiger partial charge in [-0.1, -0.05) is 30.0 Å². The molecule has 2 aromatic carbocycles. The Morgan fingerprint density at radius 3 is 2.55 bits per heavy atom. The van der Waals surface area contributed by atoms with Crippen molar-refractivity contribution in [1.29, 1.82) is 0 Å². The van der Waals surface area contributed by atoms with E-state index in [2.05, 4.69) is 27.4 Å². The second-order valence-electron chi connectivity index (χ2n) is 6.84. The molecule has 172 valence electrons. The summed E-state index contributed by atoms with van der Waals surface area (Å²) in [6.07, 6.45) is 1.74. The quantitative estimate of drug-likeness (QED) is 0.345. The highest BCUT2D eigenvalue weighted by atomic mass is 32.2. The van der Waals surface area contributed by atoms with Crippen LogP contribution in [0.2, 0.25) is 0 Å². The smallest absolute Gasteiger partial charge is 0.234 e. The minimum atomic E-state index is -0.259. The van der Waals surface area contributed by atoms with Crippen molar-refractivity contribution in [3.8, 4) is 22.9 Å². The molecule has 0 unspecified atom stereocenters. The fourth-order valence-electron chi connectivity index (χ4n) is 3.12. The first-order valence-electron chi connectivity index (χ1n) is 10.0. The van der Waals surface area contributed by atoms with Gasteiger partial charge in [0.15, 0.2) is 11.0 Å². The lowest BCUT2D eigenvalue weighted by Gasteiger charge is -2.13. The minimum absolute atomic E-state index is 0.0920. The Morgan fingerprint density at radius 1 is 1.09 bits per heavy atom. The Kier molecular flexibility index (Phi) is 8.09. The van der Waals surface area contributed by atoms with Crippen molar-refractivity contribution in [1.82, 2.24) is 14.8 Å². The van der Waals surface area contributed by atoms with E-state index in [-0.39, 0.29) is 17.6 Å². The van der Waals surface area contributed by atoms with Gasteiger partial charge in [-0.2, -0.15) is 0 Å². The molecule has 33 heavy (non-hydrogen) atoms. The monoisotopic (exact) mass is 467 g/mol. The van der Waals surface area contributed by atoms with Gasteiger partial charge in [0.25, 0.3) is 0 Å². The van der Waals surface area contributed by atoms with Crippen LogP contribution in [0.1, 0.15) is 6.92 Å². The van der Waals surface area contributed by atoms with Gasteiger partial charge >= 0.3 is 0 Å². The summed E-state index contributed by atoms with van der Waals surface area (Å²) >= 11 is 1.25. The molecule has 0 fully saturated rings. The van der Waals surface area contributed by atoms with Gasteiger partial charge in [0.1, 0.15) is 11.5 Å². The summed E-state index contributed by atoms with van der Waals surface area (Å²) in [5.74, 6) is 1.41. The van der Waals surface area contributed by atoms with E-state index in [9.17, 15) is 9.59 Å². The summed E-state index contributed by atoms with van der Waals surface area (Å²) in [7, 11) is 3.11. The number of aromatic nitrogens is 3. The number of thioether (sulfide) groups is 1. The van der Waals surface area contributed by atoms with E-state index < -0.39 is 0 Å². The third-order valence-electron chi connectivity index (χ3n) is 4.50. The number of benzene rings is 2. The van der Waals surface area contributed by atoms with E-state index >= 15 is 0 Å². The van der Waals surface area contributed by atoms with E-state index in [1.54, 1.807) is 31.4 Å². The first kappa shape index (κ1) is 23.9. The number of rotatable bonds is 10. The molecule has 10 heteroatoms. The van der Waals surface area contributed by atoms with Crippen LogP contribution < -0.4 is 20.1 Å². The van der Waals surface area contributed by atoms with E-state index in [1.165, 1.54) is 25.8 Å². The standard InChI is InChI=1S/C23H25N5O4S/c1-5-12-28-22(17-8-6-7-9-19(17)31-3)26-27-23(28)33-14-21(30)25-18-13-16(24-15(2)29)10-11-20(18)32-4/h5-11,13H,1,12,14H2,2-4H3,(H,24,29)(H,25,30). The van der Waals surface area contributed by atoms with Gasteiger partial charge in [-0.05, 0) is 30.3 Å². The number of ether oxygens (including phenoxy) is 2. The molecular formula is C23H25N5O4S. The number of carbonyl (C=O) groups excluding carboxylic acids is 2. The van der Waals surface area contributed by atoms with Crippen molar-refractivity contribution >= 4 is 35.0 Å². The molecule has 0 aliphatic carbocycles.